The summed E-state index contributed by atoms with van der Waals surface area (Å²) in [5.41, 5.74) is 0.161. The van der Waals surface area contributed by atoms with Crippen molar-refractivity contribution in [3.05, 3.63) is 35.7 Å². The fraction of sp³-hybridized carbons (Fsp3) is 0.250. The molecule has 0 unspecified atom stereocenters. The van der Waals surface area contributed by atoms with E-state index < -0.39 is 27.1 Å². The Bertz CT molecular complexity index is 608. The Labute approximate surface area is 110 Å². The number of halogens is 1. The molecule has 0 aliphatic carbocycles. The quantitative estimate of drug-likeness (QED) is 0.812. The van der Waals surface area contributed by atoms with Crippen LogP contribution in [0.1, 0.15) is 19.4 Å². The molecule has 0 atom stereocenters. The number of benzene rings is 1. The fourth-order valence-electron chi connectivity index (χ4n) is 1.16. The van der Waals surface area contributed by atoms with Gasteiger partial charge in [0.25, 0.3) is 0 Å². The maximum absolute atomic E-state index is 13.7. The van der Waals surface area contributed by atoms with Crippen molar-refractivity contribution in [1.29, 1.82) is 0 Å². The van der Waals surface area contributed by atoms with Crippen LogP contribution in [0.3, 0.4) is 0 Å². The van der Waals surface area contributed by atoms with Gasteiger partial charge in [0.15, 0.2) is 0 Å². The molecule has 0 saturated carbocycles. The van der Waals surface area contributed by atoms with E-state index in [9.17, 15) is 17.6 Å². The first-order valence-corrected chi connectivity index (χ1v) is 6.99. The minimum atomic E-state index is -3.61. The van der Waals surface area contributed by atoms with E-state index in [0.29, 0.717) is 5.56 Å². The molecule has 1 rings (SSSR count). The maximum Gasteiger partial charge on any atom is 0.328 e. The van der Waals surface area contributed by atoms with Crippen molar-refractivity contribution in [3.8, 4) is 0 Å². The highest BCUT2D eigenvalue weighted by Gasteiger charge is 2.17. The van der Waals surface area contributed by atoms with Crippen molar-refractivity contribution in [2.75, 3.05) is 4.72 Å². The topological polar surface area (TPSA) is 83.5 Å². The van der Waals surface area contributed by atoms with Gasteiger partial charge in [-0.3, -0.25) is 4.72 Å². The van der Waals surface area contributed by atoms with E-state index in [4.69, 9.17) is 5.11 Å². The average Bonchev–Trinajstić information content (AvgIpc) is 2.29. The number of rotatable bonds is 5. The summed E-state index contributed by atoms with van der Waals surface area (Å²) < 4.78 is 39.0. The summed E-state index contributed by atoms with van der Waals surface area (Å²) in [6, 6.07) is 3.72. The van der Waals surface area contributed by atoms with Gasteiger partial charge in [-0.2, -0.15) is 0 Å². The normalized spacial score (nSPS) is 12.0. The Morgan fingerprint density at radius 2 is 2.05 bits per heavy atom. The van der Waals surface area contributed by atoms with E-state index >= 15 is 0 Å². The Hall–Kier alpha value is -1.89. The SMILES string of the molecule is CC(C)S(=O)(=O)Nc1ccc(C=CC(=O)O)cc1F. The molecule has 7 heteroatoms. The van der Waals surface area contributed by atoms with Crippen LogP contribution in [-0.4, -0.2) is 24.7 Å². The lowest BCUT2D eigenvalue weighted by molar-refractivity contribution is -0.131. The summed E-state index contributed by atoms with van der Waals surface area (Å²) in [5.74, 6) is -1.92. The molecule has 0 saturated heterocycles. The zero-order valence-corrected chi connectivity index (χ0v) is 11.2. The lowest BCUT2D eigenvalue weighted by Crippen LogP contribution is -2.23. The van der Waals surface area contributed by atoms with Crippen LogP contribution in [0, 0.1) is 5.82 Å². The monoisotopic (exact) mass is 287 g/mol. The summed E-state index contributed by atoms with van der Waals surface area (Å²) >= 11 is 0. The number of hydrogen-bond donors (Lipinski definition) is 2. The molecule has 19 heavy (non-hydrogen) atoms. The van der Waals surface area contributed by atoms with Crippen LogP contribution >= 0.6 is 0 Å². The van der Waals surface area contributed by atoms with Crippen LogP contribution in [0.4, 0.5) is 10.1 Å². The third-order valence-electron chi connectivity index (χ3n) is 2.28. The number of carboxylic acid groups (broad SMARTS) is 1. The van der Waals surface area contributed by atoms with Gasteiger partial charge in [-0.15, -0.1) is 0 Å². The van der Waals surface area contributed by atoms with Gasteiger partial charge in [0.05, 0.1) is 10.9 Å². The van der Waals surface area contributed by atoms with E-state index in [2.05, 4.69) is 4.72 Å². The van der Waals surface area contributed by atoms with E-state index in [1.54, 1.807) is 0 Å². The molecule has 2 N–H and O–H groups in total. The summed E-state index contributed by atoms with van der Waals surface area (Å²) in [5, 5.41) is 7.76. The molecule has 0 spiro atoms. The Balaban J connectivity index is 2.99. The summed E-state index contributed by atoms with van der Waals surface area (Å²) in [6.07, 6.45) is 2.08. The number of hydrogen-bond acceptors (Lipinski definition) is 3. The number of anilines is 1. The van der Waals surface area contributed by atoms with Gasteiger partial charge in [-0.25, -0.2) is 17.6 Å². The number of aliphatic carboxylic acids is 1. The first kappa shape index (κ1) is 15.2. The second-order valence-electron chi connectivity index (χ2n) is 4.11. The van der Waals surface area contributed by atoms with Gasteiger partial charge in [-0.05, 0) is 37.6 Å². The van der Waals surface area contributed by atoms with Crippen molar-refractivity contribution < 1.29 is 22.7 Å². The zero-order valence-electron chi connectivity index (χ0n) is 10.4. The van der Waals surface area contributed by atoms with Crippen LogP contribution in [0.15, 0.2) is 24.3 Å². The number of carbonyl (C=O) groups is 1. The van der Waals surface area contributed by atoms with Crippen LogP contribution in [0.25, 0.3) is 6.08 Å². The minimum absolute atomic E-state index is 0.166. The van der Waals surface area contributed by atoms with Crippen molar-refractivity contribution in [3.63, 3.8) is 0 Å². The van der Waals surface area contributed by atoms with Crippen LogP contribution < -0.4 is 4.72 Å². The molecule has 0 radical (unpaired) electrons. The smallest absolute Gasteiger partial charge is 0.328 e. The molecule has 0 aromatic heterocycles. The second kappa shape index (κ2) is 5.83. The van der Waals surface area contributed by atoms with Gasteiger partial charge in [-0.1, -0.05) is 6.07 Å². The highest BCUT2D eigenvalue weighted by atomic mass is 32.2. The second-order valence-corrected chi connectivity index (χ2v) is 6.34. The number of sulfonamides is 1. The molecule has 0 aliphatic rings. The molecular formula is C12H14FNO4S. The Kier molecular flexibility index (Phi) is 4.66. The van der Waals surface area contributed by atoms with Gasteiger partial charge < -0.3 is 5.11 Å². The highest BCUT2D eigenvalue weighted by molar-refractivity contribution is 7.93. The van der Waals surface area contributed by atoms with Crippen LogP contribution in [-0.2, 0) is 14.8 Å². The van der Waals surface area contributed by atoms with E-state index in [-0.39, 0.29) is 5.69 Å². The highest BCUT2D eigenvalue weighted by Crippen LogP contribution is 2.19. The first-order chi connectivity index (χ1) is 8.72. The largest absolute Gasteiger partial charge is 0.478 e. The standard InChI is InChI=1S/C12H14FNO4S/c1-8(2)19(17,18)14-11-5-3-9(7-10(11)13)4-6-12(15)16/h3-8,14H,1-2H3,(H,15,16). The van der Waals surface area contributed by atoms with Crippen LogP contribution in [0.2, 0.25) is 0 Å². The Morgan fingerprint density at radius 1 is 1.42 bits per heavy atom. The molecule has 5 nitrogen and oxygen atoms in total. The van der Waals surface area contributed by atoms with Crippen molar-refractivity contribution in [1.82, 2.24) is 0 Å². The molecular weight excluding hydrogens is 273 g/mol. The van der Waals surface area contributed by atoms with E-state index in [1.807, 2.05) is 0 Å². The zero-order chi connectivity index (χ0) is 14.6. The average molecular weight is 287 g/mol. The van der Waals surface area contributed by atoms with Crippen molar-refractivity contribution in [2.24, 2.45) is 0 Å². The molecule has 104 valence electrons. The van der Waals surface area contributed by atoms with Gasteiger partial charge in [0.1, 0.15) is 5.82 Å². The number of nitrogens with one attached hydrogen (secondary N) is 1. The van der Waals surface area contributed by atoms with Crippen LogP contribution in [0.5, 0.6) is 0 Å². The van der Waals surface area contributed by atoms with Crippen molar-refractivity contribution >= 4 is 27.8 Å². The molecule has 0 bridgehead atoms. The molecule has 0 fully saturated rings. The third kappa shape index (κ3) is 4.36. The first-order valence-electron chi connectivity index (χ1n) is 5.44. The van der Waals surface area contributed by atoms with E-state index in [0.717, 1.165) is 12.1 Å². The minimum Gasteiger partial charge on any atom is -0.478 e. The van der Waals surface area contributed by atoms with Gasteiger partial charge in [0, 0.05) is 6.08 Å². The lowest BCUT2D eigenvalue weighted by atomic mass is 10.2. The molecule has 0 heterocycles. The molecule has 0 aliphatic heterocycles. The molecule has 1 aromatic carbocycles. The van der Waals surface area contributed by atoms with Gasteiger partial charge in [0.2, 0.25) is 10.0 Å². The molecule has 1 aromatic rings. The Morgan fingerprint density at radius 3 is 2.53 bits per heavy atom. The molecule has 0 amide bonds. The summed E-state index contributed by atoms with van der Waals surface area (Å²) in [6.45, 7) is 2.95. The summed E-state index contributed by atoms with van der Waals surface area (Å²) in [4.78, 5) is 10.3. The summed E-state index contributed by atoms with van der Waals surface area (Å²) in [7, 11) is -3.61. The van der Waals surface area contributed by atoms with E-state index in [1.165, 1.54) is 32.1 Å². The predicted molar refractivity (Wildman–Crippen MR) is 70.7 cm³/mol. The van der Waals surface area contributed by atoms with Crippen molar-refractivity contribution in [2.45, 2.75) is 19.1 Å². The maximum atomic E-state index is 13.7. The fourth-order valence-corrected chi connectivity index (χ4v) is 1.86. The predicted octanol–water partition coefficient (Wildman–Crippen LogP) is 2.07. The van der Waals surface area contributed by atoms with Gasteiger partial charge >= 0.3 is 5.97 Å². The lowest BCUT2D eigenvalue weighted by Gasteiger charge is -2.11. The number of carboxylic acids is 1. The third-order valence-corrected chi connectivity index (χ3v) is 4.03.